The number of aliphatic hydroxyl groups is 1. The van der Waals surface area contributed by atoms with Crippen molar-refractivity contribution in [1.29, 1.82) is 0 Å². The van der Waals surface area contributed by atoms with E-state index in [-0.39, 0.29) is 26.6 Å². The van der Waals surface area contributed by atoms with Crippen molar-refractivity contribution in [2.24, 2.45) is 5.41 Å². The highest BCUT2D eigenvalue weighted by molar-refractivity contribution is 8.14. The molecule has 0 aromatic rings. The number of rotatable bonds is 5. The van der Waals surface area contributed by atoms with Crippen LogP contribution in [0, 0.1) is 5.41 Å². The second kappa shape index (κ2) is 5.98. The van der Waals surface area contributed by atoms with Crippen LogP contribution in [0.15, 0.2) is 0 Å². The maximum absolute atomic E-state index is 11.9. The highest BCUT2D eigenvalue weighted by Crippen LogP contribution is 2.39. The lowest BCUT2D eigenvalue weighted by Gasteiger charge is -2.33. The number of hydrogen-bond acceptors (Lipinski definition) is 4. The predicted octanol–water partition coefficient (Wildman–Crippen LogP) is 3.58. The van der Waals surface area contributed by atoms with Gasteiger partial charge in [0.25, 0.3) is 0 Å². The SMILES string of the molecule is CC(C)(CO)SC(C)(C)CSC(=O)C(C)(C)C. The number of carbonyl (C=O) groups is 1. The molecule has 0 aromatic heterocycles. The highest BCUT2D eigenvalue weighted by atomic mass is 32.2. The topological polar surface area (TPSA) is 37.3 Å². The van der Waals surface area contributed by atoms with Crippen LogP contribution in [-0.4, -0.2) is 32.1 Å². The molecule has 0 saturated carbocycles. The summed E-state index contributed by atoms with van der Waals surface area (Å²) in [5.41, 5.74) is -0.280. The van der Waals surface area contributed by atoms with Gasteiger partial charge in [-0.3, -0.25) is 4.79 Å². The summed E-state index contributed by atoms with van der Waals surface area (Å²) in [6.07, 6.45) is 0. The fourth-order valence-electron chi connectivity index (χ4n) is 1.27. The van der Waals surface area contributed by atoms with Crippen LogP contribution in [0.2, 0.25) is 0 Å². The molecule has 2 nitrogen and oxygen atoms in total. The van der Waals surface area contributed by atoms with E-state index in [0.717, 1.165) is 5.75 Å². The lowest BCUT2D eigenvalue weighted by atomic mass is 10.00. The third kappa shape index (κ3) is 7.37. The van der Waals surface area contributed by atoms with Gasteiger partial charge in [-0.1, -0.05) is 32.5 Å². The molecule has 0 radical (unpaired) electrons. The molecular weight excluding hydrogens is 252 g/mol. The van der Waals surface area contributed by atoms with Gasteiger partial charge < -0.3 is 5.11 Å². The second-order valence-electron chi connectivity index (χ2n) is 6.61. The Balaban J connectivity index is 4.33. The molecule has 0 fully saturated rings. The Kier molecular flexibility index (Phi) is 6.10. The van der Waals surface area contributed by atoms with E-state index in [4.69, 9.17) is 0 Å². The minimum atomic E-state index is -0.280. The van der Waals surface area contributed by atoms with E-state index in [1.165, 1.54) is 11.8 Å². The molecule has 102 valence electrons. The molecule has 0 aliphatic carbocycles. The van der Waals surface area contributed by atoms with Gasteiger partial charge in [-0.2, -0.15) is 0 Å². The van der Waals surface area contributed by atoms with E-state index in [2.05, 4.69) is 13.8 Å². The maximum atomic E-state index is 11.9. The first-order valence-corrected chi connectivity index (χ1v) is 7.68. The van der Waals surface area contributed by atoms with E-state index in [9.17, 15) is 9.90 Å². The molecule has 1 N–H and O–H groups in total. The summed E-state index contributed by atoms with van der Waals surface area (Å²) in [5, 5.41) is 9.50. The number of aliphatic hydroxyl groups excluding tert-OH is 1. The number of carbonyl (C=O) groups excluding carboxylic acids is 1. The molecule has 17 heavy (non-hydrogen) atoms. The minimum Gasteiger partial charge on any atom is -0.395 e. The molecule has 0 heterocycles. The molecule has 0 aliphatic rings. The summed E-state index contributed by atoms with van der Waals surface area (Å²) in [5.74, 6) is 0.775. The largest absolute Gasteiger partial charge is 0.395 e. The quantitative estimate of drug-likeness (QED) is 0.834. The molecule has 0 unspecified atom stereocenters. The summed E-state index contributed by atoms with van der Waals surface area (Å²) >= 11 is 3.13. The molecule has 0 amide bonds. The molecule has 0 spiro atoms. The van der Waals surface area contributed by atoms with Crippen molar-refractivity contribution in [3.8, 4) is 0 Å². The van der Waals surface area contributed by atoms with Crippen molar-refractivity contribution < 1.29 is 9.90 Å². The predicted molar refractivity (Wildman–Crippen MR) is 79.8 cm³/mol. The van der Waals surface area contributed by atoms with E-state index >= 15 is 0 Å². The van der Waals surface area contributed by atoms with Crippen molar-refractivity contribution in [1.82, 2.24) is 0 Å². The van der Waals surface area contributed by atoms with Crippen molar-refractivity contribution in [3.05, 3.63) is 0 Å². The Hall–Kier alpha value is 0.330. The van der Waals surface area contributed by atoms with Gasteiger partial charge in [-0.15, -0.1) is 11.8 Å². The molecule has 0 saturated heterocycles. The second-order valence-corrected chi connectivity index (χ2v) is 9.97. The standard InChI is InChI=1S/C13H26O2S2/c1-11(2,3)10(15)16-9-13(6,7)17-12(4,5)8-14/h14H,8-9H2,1-7H3. The van der Waals surface area contributed by atoms with Gasteiger partial charge in [0.2, 0.25) is 0 Å². The van der Waals surface area contributed by atoms with Crippen LogP contribution in [0.4, 0.5) is 0 Å². The van der Waals surface area contributed by atoms with Gasteiger partial charge in [-0.25, -0.2) is 0 Å². The van der Waals surface area contributed by atoms with Crippen LogP contribution in [0.5, 0.6) is 0 Å². The fourth-order valence-corrected chi connectivity index (χ4v) is 4.15. The zero-order chi connectivity index (χ0) is 13.9. The normalized spacial score (nSPS) is 13.9. The van der Waals surface area contributed by atoms with E-state index < -0.39 is 0 Å². The maximum Gasteiger partial charge on any atom is 0.194 e. The van der Waals surface area contributed by atoms with Gasteiger partial charge >= 0.3 is 0 Å². The molecule has 0 atom stereocenters. The smallest absolute Gasteiger partial charge is 0.194 e. The van der Waals surface area contributed by atoms with Crippen LogP contribution in [-0.2, 0) is 4.79 Å². The van der Waals surface area contributed by atoms with Gasteiger partial charge in [0.05, 0.1) is 6.61 Å². The third-order valence-corrected chi connectivity index (χ3v) is 5.40. The molecule has 0 aliphatic heterocycles. The first-order valence-electron chi connectivity index (χ1n) is 5.88. The average molecular weight is 278 g/mol. The zero-order valence-electron chi connectivity index (χ0n) is 12.1. The summed E-state index contributed by atoms with van der Waals surface area (Å²) in [6, 6.07) is 0. The number of thioether (sulfide) groups is 2. The lowest BCUT2D eigenvalue weighted by molar-refractivity contribution is -0.117. The van der Waals surface area contributed by atoms with Crippen LogP contribution in [0.1, 0.15) is 48.5 Å². The Morgan fingerprint density at radius 1 is 1.00 bits per heavy atom. The van der Waals surface area contributed by atoms with Crippen molar-refractivity contribution >= 4 is 28.6 Å². The molecule has 0 aromatic carbocycles. The van der Waals surface area contributed by atoms with Crippen molar-refractivity contribution in [2.45, 2.75) is 58.0 Å². The Morgan fingerprint density at radius 3 is 1.82 bits per heavy atom. The molecule has 0 bridgehead atoms. The van der Waals surface area contributed by atoms with Gasteiger partial charge in [-0.05, 0) is 27.7 Å². The Morgan fingerprint density at radius 2 is 1.47 bits per heavy atom. The van der Waals surface area contributed by atoms with Crippen molar-refractivity contribution in [3.63, 3.8) is 0 Å². The average Bonchev–Trinajstić information content (AvgIpc) is 2.11. The Labute approximate surface area is 114 Å². The van der Waals surface area contributed by atoms with Crippen LogP contribution < -0.4 is 0 Å². The Bertz CT molecular complexity index is 265. The van der Waals surface area contributed by atoms with Crippen molar-refractivity contribution in [2.75, 3.05) is 12.4 Å². The fraction of sp³-hybridized carbons (Fsp3) is 0.923. The third-order valence-electron chi connectivity index (χ3n) is 2.10. The van der Waals surface area contributed by atoms with Gasteiger partial charge in [0.1, 0.15) is 0 Å². The van der Waals surface area contributed by atoms with Gasteiger partial charge in [0, 0.05) is 20.7 Å². The zero-order valence-corrected chi connectivity index (χ0v) is 13.7. The van der Waals surface area contributed by atoms with Gasteiger partial charge in [0.15, 0.2) is 5.12 Å². The van der Waals surface area contributed by atoms with E-state index in [0.29, 0.717) is 0 Å². The first-order chi connectivity index (χ1) is 7.40. The molecule has 0 rings (SSSR count). The monoisotopic (exact) mass is 278 g/mol. The molecule has 4 heteroatoms. The first kappa shape index (κ1) is 17.3. The van der Waals surface area contributed by atoms with E-state index in [1.54, 1.807) is 11.8 Å². The highest BCUT2D eigenvalue weighted by Gasteiger charge is 2.31. The minimum absolute atomic E-state index is 0.0161. The summed E-state index contributed by atoms with van der Waals surface area (Å²) in [4.78, 5) is 11.9. The lowest BCUT2D eigenvalue weighted by Crippen LogP contribution is -2.32. The van der Waals surface area contributed by atoms with Crippen LogP contribution in [0.25, 0.3) is 0 Å². The van der Waals surface area contributed by atoms with Crippen LogP contribution >= 0.6 is 23.5 Å². The van der Waals surface area contributed by atoms with E-state index in [1.807, 2.05) is 34.6 Å². The van der Waals surface area contributed by atoms with Crippen LogP contribution in [0.3, 0.4) is 0 Å². The molecular formula is C13H26O2S2. The number of hydrogen-bond donors (Lipinski definition) is 1. The summed E-state index contributed by atoms with van der Waals surface area (Å²) in [7, 11) is 0. The summed E-state index contributed by atoms with van der Waals surface area (Å²) in [6.45, 7) is 14.3. The summed E-state index contributed by atoms with van der Waals surface area (Å²) < 4.78 is -0.174.